The number of imide groups is 1. The Bertz CT molecular complexity index is 1110. The Labute approximate surface area is 165 Å². The highest BCUT2D eigenvalue weighted by molar-refractivity contribution is 6.13. The fourth-order valence-corrected chi connectivity index (χ4v) is 2.99. The van der Waals surface area contributed by atoms with Gasteiger partial charge in [0.1, 0.15) is 17.2 Å². The van der Waals surface area contributed by atoms with Crippen LogP contribution in [-0.4, -0.2) is 27.9 Å². The second kappa shape index (κ2) is 7.47. The number of carbonyl (C=O) groups excluding carboxylic acids is 2. The van der Waals surface area contributed by atoms with Crippen LogP contribution in [-0.2, 0) is 11.3 Å². The van der Waals surface area contributed by atoms with E-state index in [4.69, 9.17) is 9.52 Å². The molecule has 1 saturated heterocycles. The quantitative estimate of drug-likeness (QED) is 0.512. The van der Waals surface area contributed by atoms with Crippen LogP contribution < -0.4 is 5.32 Å². The first kappa shape index (κ1) is 18.2. The Morgan fingerprint density at radius 2 is 1.72 bits per heavy atom. The largest absolute Gasteiger partial charge is 0.478 e. The summed E-state index contributed by atoms with van der Waals surface area (Å²) in [7, 11) is 0. The van der Waals surface area contributed by atoms with Gasteiger partial charge in [-0.3, -0.25) is 9.69 Å². The first-order chi connectivity index (χ1) is 14.0. The highest BCUT2D eigenvalue weighted by Gasteiger charge is 2.33. The van der Waals surface area contributed by atoms with Crippen molar-refractivity contribution < 1.29 is 23.9 Å². The molecule has 3 aromatic rings. The average molecular weight is 388 g/mol. The number of hydrogen-bond acceptors (Lipinski definition) is 4. The standard InChI is InChI=1S/C22H16N2O5/c25-20-18(23-22(28)24(20)13-14-4-2-1-3-5-14)12-17-10-11-19(29-17)15-6-8-16(9-7-15)21(26)27/h1-12H,13H2,(H,23,28)(H,26,27)/b18-12+. The number of urea groups is 1. The van der Waals surface area contributed by atoms with Crippen LogP contribution in [0.4, 0.5) is 4.79 Å². The fraction of sp³-hybridized carbons (Fsp3) is 0.0455. The van der Waals surface area contributed by atoms with Crippen molar-refractivity contribution >= 4 is 24.0 Å². The molecule has 2 N–H and O–H groups in total. The molecule has 2 heterocycles. The van der Waals surface area contributed by atoms with E-state index in [-0.39, 0.29) is 17.8 Å². The zero-order chi connectivity index (χ0) is 20.4. The van der Waals surface area contributed by atoms with Gasteiger partial charge in [-0.15, -0.1) is 0 Å². The van der Waals surface area contributed by atoms with Crippen LogP contribution in [0.5, 0.6) is 0 Å². The third-order valence-electron chi connectivity index (χ3n) is 4.48. The minimum atomic E-state index is -1.00. The van der Waals surface area contributed by atoms with Crippen LogP contribution in [0.15, 0.2) is 76.8 Å². The summed E-state index contributed by atoms with van der Waals surface area (Å²) < 4.78 is 5.72. The number of nitrogens with one attached hydrogen (secondary N) is 1. The number of carboxylic acids is 1. The van der Waals surface area contributed by atoms with Crippen molar-refractivity contribution in [1.29, 1.82) is 0 Å². The summed E-state index contributed by atoms with van der Waals surface area (Å²) in [6.45, 7) is 0.183. The number of aromatic carboxylic acids is 1. The molecular formula is C22H16N2O5. The first-order valence-electron chi connectivity index (χ1n) is 8.83. The Balaban J connectivity index is 1.52. The molecule has 29 heavy (non-hydrogen) atoms. The van der Waals surface area contributed by atoms with Gasteiger partial charge in [0, 0.05) is 11.6 Å². The molecule has 144 valence electrons. The van der Waals surface area contributed by atoms with Crippen LogP contribution >= 0.6 is 0 Å². The minimum Gasteiger partial charge on any atom is -0.478 e. The van der Waals surface area contributed by atoms with Gasteiger partial charge >= 0.3 is 12.0 Å². The van der Waals surface area contributed by atoms with Gasteiger partial charge in [-0.2, -0.15) is 0 Å². The predicted molar refractivity (Wildman–Crippen MR) is 105 cm³/mol. The van der Waals surface area contributed by atoms with E-state index < -0.39 is 17.9 Å². The van der Waals surface area contributed by atoms with E-state index in [0.717, 1.165) is 10.5 Å². The summed E-state index contributed by atoms with van der Waals surface area (Å²) in [5, 5.41) is 11.5. The van der Waals surface area contributed by atoms with E-state index in [1.807, 2.05) is 30.3 Å². The lowest BCUT2D eigenvalue weighted by Crippen LogP contribution is -2.30. The van der Waals surface area contributed by atoms with Crippen LogP contribution in [0.2, 0.25) is 0 Å². The number of benzene rings is 2. The molecule has 0 atom stereocenters. The molecule has 1 aromatic heterocycles. The van der Waals surface area contributed by atoms with Gasteiger partial charge in [-0.1, -0.05) is 42.5 Å². The molecule has 1 fully saturated rings. The lowest BCUT2D eigenvalue weighted by atomic mass is 10.1. The molecule has 0 aliphatic carbocycles. The van der Waals surface area contributed by atoms with Crippen molar-refractivity contribution in [2.45, 2.75) is 6.54 Å². The highest BCUT2D eigenvalue weighted by Crippen LogP contribution is 2.25. The summed E-state index contributed by atoms with van der Waals surface area (Å²) >= 11 is 0. The number of rotatable bonds is 5. The van der Waals surface area contributed by atoms with Crippen molar-refractivity contribution in [3.05, 3.63) is 89.3 Å². The molecule has 0 unspecified atom stereocenters. The lowest BCUT2D eigenvalue weighted by molar-refractivity contribution is -0.123. The monoisotopic (exact) mass is 388 g/mol. The highest BCUT2D eigenvalue weighted by atomic mass is 16.4. The number of furan rings is 1. The van der Waals surface area contributed by atoms with Crippen molar-refractivity contribution in [3.8, 4) is 11.3 Å². The van der Waals surface area contributed by atoms with E-state index >= 15 is 0 Å². The maximum atomic E-state index is 12.6. The summed E-state index contributed by atoms with van der Waals surface area (Å²) in [5.41, 5.74) is 1.86. The molecule has 7 heteroatoms. The van der Waals surface area contributed by atoms with Crippen LogP contribution in [0.1, 0.15) is 21.7 Å². The number of hydrogen-bond donors (Lipinski definition) is 2. The van der Waals surface area contributed by atoms with Gasteiger partial charge in [0.2, 0.25) is 0 Å². The SMILES string of the molecule is O=C(O)c1ccc(-c2ccc(/C=C3/NC(=O)N(Cc4ccccc4)C3=O)o2)cc1. The van der Waals surface area contributed by atoms with Crippen molar-refractivity contribution in [2.75, 3.05) is 0 Å². The first-order valence-corrected chi connectivity index (χ1v) is 8.83. The summed E-state index contributed by atoms with van der Waals surface area (Å²) in [4.78, 5) is 36.8. The van der Waals surface area contributed by atoms with E-state index in [0.29, 0.717) is 17.1 Å². The summed E-state index contributed by atoms with van der Waals surface area (Å²) in [5.74, 6) is -0.515. The van der Waals surface area contributed by atoms with Gasteiger partial charge in [-0.05, 0) is 29.8 Å². The van der Waals surface area contributed by atoms with E-state index in [9.17, 15) is 14.4 Å². The van der Waals surface area contributed by atoms with Gasteiger partial charge in [0.15, 0.2) is 0 Å². The third-order valence-corrected chi connectivity index (χ3v) is 4.48. The van der Waals surface area contributed by atoms with Crippen molar-refractivity contribution in [2.24, 2.45) is 0 Å². The number of carbonyl (C=O) groups is 3. The maximum absolute atomic E-state index is 12.6. The zero-order valence-electron chi connectivity index (χ0n) is 15.2. The average Bonchev–Trinajstić information content (AvgIpc) is 3.29. The van der Waals surface area contributed by atoms with Gasteiger partial charge in [0.05, 0.1) is 12.1 Å². The third kappa shape index (κ3) is 3.79. The second-order valence-electron chi connectivity index (χ2n) is 6.45. The van der Waals surface area contributed by atoms with Crippen molar-refractivity contribution in [3.63, 3.8) is 0 Å². The van der Waals surface area contributed by atoms with Crippen LogP contribution in [0, 0.1) is 0 Å². The Hall–Kier alpha value is -4.13. The number of nitrogens with zero attached hydrogens (tertiary/aromatic N) is 1. The number of amides is 3. The molecule has 1 aliphatic rings. The van der Waals surface area contributed by atoms with E-state index in [2.05, 4.69) is 5.32 Å². The maximum Gasteiger partial charge on any atom is 0.335 e. The summed E-state index contributed by atoms with van der Waals surface area (Å²) in [6.07, 6.45) is 1.47. The Kier molecular flexibility index (Phi) is 4.70. The smallest absolute Gasteiger partial charge is 0.335 e. The second-order valence-corrected chi connectivity index (χ2v) is 6.45. The van der Waals surface area contributed by atoms with E-state index in [1.165, 1.54) is 18.2 Å². The predicted octanol–water partition coefficient (Wildman–Crippen LogP) is 3.74. The molecule has 0 radical (unpaired) electrons. The molecule has 0 bridgehead atoms. The molecule has 0 spiro atoms. The fourth-order valence-electron chi connectivity index (χ4n) is 2.99. The molecule has 3 amide bonds. The minimum absolute atomic E-state index is 0.132. The molecule has 0 saturated carbocycles. The normalized spacial score (nSPS) is 15.0. The molecule has 4 rings (SSSR count). The lowest BCUT2D eigenvalue weighted by Gasteiger charge is -2.11. The summed E-state index contributed by atoms with van der Waals surface area (Å²) in [6, 6.07) is 18.4. The Morgan fingerprint density at radius 3 is 2.41 bits per heavy atom. The topological polar surface area (TPSA) is 99.9 Å². The van der Waals surface area contributed by atoms with Gasteiger partial charge in [-0.25, -0.2) is 9.59 Å². The van der Waals surface area contributed by atoms with E-state index in [1.54, 1.807) is 24.3 Å². The van der Waals surface area contributed by atoms with Gasteiger partial charge < -0.3 is 14.8 Å². The molecule has 7 nitrogen and oxygen atoms in total. The van der Waals surface area contributed by atoms with Crippen molar-refractivity contribution in [1.82, 2.24) is 10.2 Å². The Morgan fingerprint density at radius 1 is 1.00 bits per heavy atom. The molecule has 2 aromatic carbocycles. The zero-order valence-corrected chi connectivity index (χ0v) is 15.2. The van der Waals surface area contributed by atoms with Crippen LogP contribution in [0.25, 0.3) is 17.4 Å². The molecular weight excluding hydrogens is 372 g/mol. The number of carboxylic acid groups (broad SMARTS) is 1. The molecule has 1 aliphatic heterocycles. The van der Waals surface area contributed by atoms with Crippen LogP contribution in [0.3, 0.4) is 0 Å². The van der Waals surface area contributed by atoms with Gasteiger partial charge in [0.25, 0.3) is 5.91 Å².